The lowest BCUT2D eigenvalue weighted by Crippen LogP contribution is -2.43. The van der Waals surface area contributed by atoms with Crippen molar-refractivity contribution in [3.63, 3.8) is 0 Å². The van der Waals surface area contributed by atoms with E-state index in [-0.39, 0.29) is 12.1 Å². The fourth-order valence-electron chi connectivity index (χ4n) is 2.38. The third-order valence-corrected chi connectivity index (χ3v) is 3.50. The minimum absolute atomic E-state index is 0.198. The van der Waals surface area contributed by atoms with E-state index < -0.39 is 0 Å². The van der Waals surface area contributed by atoms with Crippen molar-refractivity contribution in [1.82, 2.24) is 4.90 Å². The van der Waals surface area contributed by atoms with E-state index in [1.54, 1.807) is 0 Å². The average Bonchev–Trinajstić information content (AvgIpc) is 2.20. The van der Waals surface area contributed by atoms with Gasteiger partial charge in [0.25, 0.3) is 0 Å². The van der Waals surface area contributed by atoms with Crippen LogP contribution in [-0.2, 0) is 0 Å². The number of piperidine rings is 1. The maximum absolute atomic E-state index is 6.21. The van der Waals surface area contributed by atoms with Gasteiger partial charge in [0.1, 0.15) is 0 Å². The Hall–Kier alpha value is -0.570. The molecular weight excluding hydrogens is 208 g/mol. The molecule has 1 aliphatic heterocycles. The molecule has 1 aromatic rings. The van der Waals surface area contributed by atoms with Gasteiger partial charge in [-0.2, -0.15) is 0 Å². The predicted molar refractivity (Wildman–Crippen MR) is 64.0 cm³/mol. The second-order valence-electron chi connectivity index (χ2n) is 4.25. The molecule has 1 heterocycles. The first kappa shape index (κ1) is 10.9. The highest BCUT2D eigenvalue weighted by Gasteiger charge is 2.28. The molecule has 1 fully saturated rings. The standard InChI is InChI=1S/C12H17ClN2/c1-15-8-4-7-11(14)12(15)9-5-2-3-6-10(9)13/h2-3,5-6,11-12H,4,7-8,14H2,1H3. The summed E-state index contributed by atoms with van der Waals surface area (Å²) in [5, 5.41) is 0.826. The predicted octanol–water partition coefficient (Wildman–Crippen LogP) is 2.43. The Labute approximate surface area is 96.0 Å². The second kappa shape index (κ2) is 4.52. The summed E-state index contributed by atoms with van der Waals surface area (Å²) in [7, 11) is 2.12. The minimum Gasteiger partial charge on any atom is -0.326 e. The van der Waals surface area contributed by atoms with Crippen molar-refractivity contribution in [2.24, 2.45) is 5.73 Å². The number of rotatable bonds is 1. The topological polar surface area (TPSA) is 29.3 Å². The largest absolute Gasteiger partial charge is 0.326 e. The highest BCUT2D eigenvalue weighted by molar-refractivity contribution is 6.31. The molecule has 1 aliphatic rings. The van der Waals surface area contributed by atoms with Crippen LogP contribution in [0.25, 0.3) is 0 Å². The van der Waals surface area contributed by atoms with E-state index in [1.807, 2.05) is 18.2 Å². The summed E-state index contributed by atoms with van der Waals surface area (Å²) in [6, 6.07) is 8.47. The van der Waals surface area contributed by atoms with Gasteiger partial charge in [0, 0.05) is 11.1 Å². The van der Waals surface area contributed by atoms with Gasteiger partial charge < -0.3 is 5.73 Å². The third kappa shape index (κ3) is 2.17. The summed E-state index contributed by atoms with van der Waals surface area (Å²) in [5.41, 5.74) is 7.33. The molecule has 2 unspecified atom stereocenters. The molecule has 3 heteroatoms. The molecule has 0 amide bonds. The van der Waals surface area contributed by atoms with E-state index in [0.29, 0.717) is 0 Å². The summed E-state index contributed by atoms with van der Waals surface area (Å²) in [4.78, 5) is 2.30. The Morgan fingerprint density at radius 1 is 1.40 bits per heavy atom. The zero-order chi connectivity index (χ0) is 10.8. The maximum Gasteiger partial charge on any atom is 0.0511 e. The Kier molecular flexibility index (Phi) is 3.29. The molecule has 2 nitrogen and oxygen atoms in total. The first-order valence-corrected chi connectivity index (χ1v) is 5.78. The van der Waals surface area contributed by atoms with E-state index in [4.69, 9.17) is 17.3 Å². The highest BCUT2D eigenvalue weighted by atomic mass is 35.5. The van der Waals surface area contributed by atoms with Crippen molar-refractivity contribution in [2.45, 2.75) is 24.9 Å². The molecule has 2 atom stereocenters. The Balaban J connectivity index is 2.31. The molecule has 0 saturated carbocycles. The monoisotopic (exact) mass is 224 g/mol. The summed E-state index contributed by atoms with van der Waals surface area (Å²) in [6.45, 7) is 1.10. The van der Waals surface area contributed by atoms with Gasteiger partial charge in [0.05, 0.1) is 6.04 Å². The van der Waals surface area contributed by atoms with Crippen LogP contribution in [0.1, 0.15) is 24.4 Å². The molecule has 1 saturated heterocycles. The van der Waals surface area contributed by atoms with Gasteiger partial charge in [0.15, 0.2) is 0 Å². The number of likely N-dealkylation sites (N-methyl/N-ethyl adjacent to an activating group) is 1. The molecule has 15 heavy (non-hydrogen) atoms. The Bertz CT molecular complexity index is 330. The summed E-state index contributed by atoms with van der Waals surface area (Å²) in [6.07, 6.45) is 2.26. The Morgan fingerprint density at radius 3 is 2.80 bits per heavy atom. The number of benzene rings is 1. The van der Waals surface area contributed by atoms with Gasteiger partial charge in [0.2, 0.25) is 0 Å². The van der Waals surface area contributed by atoms with Crippen LogP contribution in [0.4, 0.5) is 0 Å². The summed E-state index contributed by atoms with van der Waals surface area (Å²) < 4.78 is 0. The van der Waals surface area contributed by atoms with Crippen LogP contribution < -0.4 is 5.73 Å². The molecule has 0 aliphatic carbocycles. The first-order chi connectivity index (χ1) is 7.20. The van der Waals surface area contributed by atoms with Crippen molar-refractivity contribution >= 4 is 11.6 Å². The van der Waals surface area contributed by atoms with Crippen LogP contribution in [0.5, 0.6) is 0 Å². The molecule has 0 radical (unpaired) electrons. The number of likely N-dealkylation sites (tertiary alicyclic amines) is 1. The normalized spacial score (nSPS) is 27.9. The number of nitrogens with zero attached hydrogens (tertiary/aromatic N) is 1. The molecule has 1 aromatic carbocycles. The van der Waals surface area contributed by atoms with Gasteiger partial charge in [-0.25, -0.2) is 0 Å². The summed E-state index contributed by atoms with van der Waals surface area (Å²) >= 11 is 6.21. The number of hydrogen-bond donors (Lipinski definition) is 1. The van der Waals surface area contributed by atoms with Gasteiger partial charge in [-0.1, -0.05) is 29.8 Å². The van der Waals surface area contributed by atoms with E-state index in [0.717, 1.165) is 23.6 Å². The SMILES string of the molecule is CN1CCCC(N)C1c1ccccc1Cl. The molecule has 0 spiro atoms. The van der Waals surface area contributed by atoms with Crippen LogP contribution in [0, 0.1) is 0 Å². The van der Waals surface area contributed by atoms with Gasteiger partial charge in [-0.15, -0.1) is 0 Å². The molecule has 0 aromatic heterocycles. The molecule has 2 rings (SSSR count). The highest BCUT2D eigenvalue weighted by Crippen LogP contribution is 2.32. The minimum atomic E-state index is 0.198. The van der Waals surface area contributed by atoms with Gasteiger partial charge in [-0.3, -0.25) is 4.90 Å². The van der Waals surface area contributed by atoms with Crippen molar-refractivity contribution < 1.29 is 0 Å². The third-order valence-electron chi connectivity index (χ3n) is 3.15. The van der Waals surface area contributed by atoms with Crippen molar-refractivity contribution in [3.8, 4) is 0 Å². The fourth-order valence-corrected chi connectivity index (χ4v) is 2.63. The van der Waals surface area contributed by atoms with Crippen molar-refractivity contribution in [2.75, 3.05) is 13.6 Å². The molecular formula is C12H17ClN2. The van der Waals surface area contributed by atoms with E-state index in [2.05, 4.69) is 18.0 Å². The quantitative estimate of drug-likeness (QED) is 0.794. The molecule has 82 valence electrons. The van der Waals surface area contributed by atoms with E-state index >= 15 is 0 Å². The summed E-state index contributed by atoms with van der Waals surface area (Å²) in [5.74, 6) is 0. The first-order valence-electron chi connectivity index (χ1n) is 5.40. The van der Waals surface area contributed by atoms with Crippen LogP contribution in [0.2, 0.25) is 5.02 Å². The smallest absolute Gasteiger partial charge is 0.0511 e. The molecule has 0 bridgehead atoms. The zero-order valence-electron chi connectivity index (χ0n) is 8.99. The molecule has 2 N–H and O–H groups in total. The van der Waals surface area contributed by atoms with Crippen LogP contribution in [0.3, 0.4) is 0 Å². The second-order valence-corrected chi connectivity index (χ2v) is 4.66. The average molecular weight is 225 g/mol. The maximum atomic E-state index is 6.21. The van der Waals surface area contributed by atoms with Crippen LogP contribution >= 0.6 is 11.6 Å². The van der Waals surface area contributed by atoms with E-state index in [1.165, 1.54) is 6.42 Å². The van der Waals surface area contributed by atoms with Crippen LogP contribution in [-0.4, -0.2) is 24.5 Å². The van der Waals surface area contributed by atoms with Gasteiger partial charge >= 0.3 is 0 Å². The fraction of sp³-hybridized carbons (Fsp3) is 0.500. The lowest BCUT2D eigenvalue weighted by molar-refractivity contribution is 0.163. The van der Waals surface area contributed by atoms with E-state index in [9.17, 15) is 0 Å². The van der Waals surface area contributed by atoms with Gasteiger partial charge in [-0.05, 0) is 38.1 Å². The number of nitrogens with two attached hydrogens (primary N) is 1. The van der Waals surface area contributed by atoms with Crippen molar-refractivity contribution in [1.29, 1.82) is 0 Å². The lowest BCUT2D eigenvalue weighted by Gasteiger charge is -2.38. The zero-order valence-corrected chi connectivity index (χ0v) is 9.74. The lowest BCUT2D eigenvalue weighted by atomic mass is 9.91. The number of halogens is 1. The van der Waals surface area contributed by atoms with Crippen LogP contribution in [0.15, 0.2) is 24.3 Å². The van der Waals surface area contributed by atoms with Crippen molar-refractivity contribution in [3.05, 3.63) is 34.9 Å². The number of hydrogen-bond acceptors (Lipinski definition) is 2. The Morgan fingerprint density at radius 2 is 2.13 bits per heavy atom.